The van der Waals surface area contributed by atoms with Crippen molar-refractivity contribution in [1.82, 2.24) is 4.72 Å². The number of rotatable bonds is 5. The van der Waals surface area contributed by atoms with Crippen LogP contribution in [0.2, 0.25) is 5.02 Å². The highest BCUT2D eigenvalue weighted by atomic mass is 79.9. The number of allylic oxidation sites excluding steroid dienone is 1. The lowest BCUT2D eigenvalue weighted by Crippen LogP contribution is -2.25. The van der Waals surface area contributed by atoms with Crippen molar-refractivity contribution in [2.45, 2.75) is 18.2 Å². The maximum Gasteiger partial charge on any atom is 0.241 e. The van der Waals surface area contributed by atoms with Crippen LogP contribution in [0.3, 0.4) is 0 Å². The van der Waals surface area contributed by atoms with Crippen LogP contribution < -0.4 is 10.5 Å². The zero-order valence-electron chi connectivity index (χ0n) is 9.78. The Bertz CT molecular complexity index is 558. The van der Waals surface area contributed by atoms with Gasteiger partial charge in [0, 0.05) is 17.3 Å². The van der Waals surface area contributed by atoms with Gasteiger partial charge in [-0.1, -0.05) is 23.8 Å². The van der Waals surface area contributed by atoms with Gasteiger partial charge in [0.2, 0.25) is 10.0 Å². The molecular weight excluding hydrogens is 340 g/mol. The van der Waals surface area contributed by atoms with Gasteiger partial charge in [-0.2, -0.15) is 0 Å². The van der Waals surface area contributed by atoms with Gasteiger partial charge in [0.15, 0.2) is 0 Å². The van der Waals surface area contributed by atoms with E-state index in [9.17, 15) is 8.42 Å². The minimum atomic E-state index is -3.61. The molecule has 0 bridgehead atoms. The zero-order chi connectivity index (χ0) is 13.8. The molecule has 1 aromatic carbocycles. The lowest BCUT2D eigenvalue weighted by atomic mass is 10.3. The largest absolute Gasteiger partial charge is 0.398 e. The molecule has 0 fully saturated rings. The van der Waals surface area contributed by atoms with Gasteiger partial charge in [0.25, 0.3) is 0 Å². The molecule has 3 N–H and O–H groups in total. The van der Waals surface area contributed by atoms with Crippen molar-refractivity contribution >= 4 is 43.2 Å². The Hall–Kier alpha value is -0.560. The molecule has 0 radical (unpaired) electrons. The van der Waals surface area contributed by atoms with E-state index in [4.69, 9.17) is 17.3 Å². The van der Waals surface area contributed by atoms with Gasteiger partial charge in [0.1, 0.15) is 0 Å². The molecule has 0 spiro atoms. The molecule has 18 heavy (non-hydrogen) atoms. The summed E-state index contributed by atoms with van der Waals surface area (Å²) in [5.41, 5.74) is 5.95. The van der Waals surface area contributed by atoms with Crippen LogP contribution in [0.1, 0.15) is 13.3 Å². The van der Waals surface area contributed by atoms with Crippen LogP contribution in [0.5, 0.6) is 0 Å². The Kier molecular flexibility index (Phi) is 5.65. The molecule has 1 rings (SSSR count). The Morgan fingerprint density at radius 3 is 2.78 bits per heavy atom. The fourth-order valence-corrected chi connectivity index (χ4v) is 3.64. The summed E-state index contributed by atoms with van der Waals surface area (Å²) in [7, 11) is -3.61. The van der Waals surface area contributed by atoms with E-state index in [-0.39, 0.29) is 15.6 Å². The van der Waals surface area contributed by atoms with Crippen LogP contribution in [-0.4, -0.2) is 15.0 Å². The van der Waals surface area contributed by atoms with Crippen molar-refractivity contribution in [3.05, 3.63) is 33.8 Å². The smallest absolute Gasteiger partial charge is 0.241 e. The highest BCUT2D eigenvalue weighted by molar-refractivity contribution is 9.10. The molecule has 0 aromatic heterocycles. The first-order valence-corrected chi connectivity index (χ1v) is 7.89. The second kappa shape index (κ2) is 6.56. The van der Waals surface area contributed by atoms with Crippen molar-refractivity contribution in [2.24, 2.45) is 0 Å². The standard InChI is InChI=1S/C11H14BrClN2O2S/c1-2-3-4-5-15-18(16,17)10-7-8(13)6-9(14)11(10)12/h2-3,6-7,15H,4-5,14H2,1H3/b3-2+. The maximum absolute atomic E-state index is 12.0. The number of anilines is 1. The topological polar surface area (TPSA) is 72.2 Å². The number of halogens is 2. The minimum absolute atomic E-state index is 0.0491. The van der Waals surface area contributed by atoms with Gasteiger partial charge >= 0.3 is 0 Å². The molecule has 0 aliphatic rings. The summed E-state index contributed by atoms with van der Waals surface area (Å²) in [6.07, 6.45) is 4.37. The summed E-state index contributed by atoms with van der Waals surface area (Å²) < 4.78 is 26.9. The fourth-order valence-electron chi connectivity index (χ4n) is 1.30. The number of sulfonamides is 1. The highest BCUT2D eigenvalue weighted by Crippen LogP contribution is 2.31. The summed E-state index contributed by atoms with van der Waals surface area (Å²) in [5.74, 6) is 0. The second-order valence-electron chi connectivity index (χ2n) is 3.56. The van der Waals surface area contributed by atoms with Crippen LogP contribution in [0, 0.1) is 0 Å². The van der Waals surface area contributed by atoms with Gasteiger partial charge in [-0.15, -0.1) is 0 Å². The summed E-state index contributed by atoms with van der Waals surface area (Å²) in [5, 5.41) is 0.282. The first kappa shape index (κ1) is 15.5. The fraction of sp³-hybridized carbons (Fsp3) is 0.273. The normalized spacial score (nSPS) is 12.2. The summed E-state index contributed by atoms with van der Waals surface area (Å²) in [6.45, 7) is 2.20. The highest BCUT2D eigenvalue weighted by Gasteiger charge is 2.19. The Balaban J connectivity index is 2.98. The third-order valence-electron chi connectivity index (χ3n) is 2.16. The van der Waals surface area contributed by atoms with E-state index >= 15 is 0 Å². The SMILES string of the molecule is C/C=C/CCNS(=O)(=O)c1cc(Cl)cc(N)c1Br. The molecule has 0 saturated carbocycles. The third-order valence-corrected chi connectivity index (χ3v) is 5.01. The van der Waals surface area contributed by atoms with Crippen LogP contribution in [0.15, 0.2) is 33.7 Å². The average molecular weight is 354 g/mol. The first-order chi connectivity index (χ1) is 8.38. The molecule has 4 nitrogen and oxygen atoms in total. The molecule has 1 aromatic rings. The minimum Gasteiger partial charge on any atom is -0.398 e. The number of hydrogen-bond donors (Lipinski definition) is 2. The Labute approximate surface area is 120 Å². The van der Waals surface area contributed by atoms with Crippen LogP contribution in [0.25, 0.3) is 0 Å². The van der Waals surface area contributed by atoms with Crippen LogP contribution in [-0.2, 0) is 10.0 Å². The summed E-state index contributed by atoms with van der Waals surface area (Å²) >= 11 is 8.96. The van der Waals surface area contributed by atoms with Crippen molar-refractivity contribution in [3.8, 4) is 0 Å². The van der Waals surface area contributed by atoms with Gasteiger partial charge in [-0.05, 0) is 41.4 Å². The quantitative estimate of drug-likeness (QED) is 0.485. The first-order valence-electron chi connectivity index (χ1n) is 5.24. The summed E-state index contributed by atoms with van der Waals surface area (Å²) in [6, 6.07) is 2.85. The average Bonchev–Trinajstić information content (AvgIpc) is 2.29. The lowest BCUT2D eigenvalue weighted by molar-refractivity contribution is 0.581. The molecule has 0 heterocycles. The van der Waals surface area contributed by atoms with Crippen molar-refractivity contribution < 1.29 is 8.42 Å². The predicted octanol–water partition coefficient (Wildman–Crippen LogP) is 2.93. The lowest BCUT2D eigenvalue weighted by Gasteiger charge is -2.10. The number of hydrogen-bond acceptors (Lipinski definition) is 3. The van der Waals surface area contributed by atoms with E-state index in [1.807, 2.05) is 19.1 Å². The summed E-state index contributed by atoms with van der Waals surface area (Å²) in [4.78, 5) is 0.0491. The molecule has 100 valence electrons. The van der Waals surface area contributed by atoms with E-state index in [1.54, 1.807) is 0 Å². The molecule has 0 atom stereocenters. The molecule has 0 amide bonds. The van der Waals surface area contributed by atoms with E-state index < -0.39 is 10.0 Å². The van der Waals surface area contributed by atoms with Gasteiger partial charge < -0.3 is 5.73 Å². The number of nitrogen functional groups attached to an aromatic ring is 1. The molecule has 0 saturated heterocycles. The number of nitrogens with two attached hydrogens (primary N) is 1. The van der Waals surface area contributed by atoms with E-state index in [0.717, 1.165) is 0 Å². The number of nitrogens with one attached hydrogen (secondary N) is 1. The second-order valence-corrected chi connectivity index (χ2v) is 6.53. The zero-order valence-corrected chi connectivity index (χ0v) is 12.9. The Morgan fingerprint density at radius 1 is 1.50 bits per heavy atom. The molecule has 7 heteroatoms. The third kappa shape index (κ3) is 3.98. The maximum atomic E-state index is 12.0. The monoisotopic (exact) mass is 352 g/mol. The Morgan fingerprint density at radius 2 is 2.17 bits per heavy atom. The molecular formula is C11H14BrClN2O2S. The van der Waals surface area contributed by atoms with Gasteiger partial charge in [-0.25, -0.2) is 13.1 Å². The van der Waals surface area contributed by atoms with E-state index in [1.165, 1.54) is 12.1 Å². The van der Waals surface area contributed by atoms with Crippen LogP contribution >= 0.6 is 27.5 Å². The van der Waals surface area contributed by atoms with E-state index in [0.29, 0.717) is 17.4 Å². The van der Waals surface area contributed by atoms with Gasteiger partial charge in [0.05, 0.1) is 9.37 Å². The van der Waals surface area contributed by atoms with Gasteiger partial charge in [-0.3, -0.25) is 0 Å². The molecule has 0 unspecified atom stereocenters. The van der Waals surface area contributed by atoms with E-state index in [2.05, 4.69) is 20.7 Å². The predicted molar refractivity (Wildman–Crippen MR) is 78.2 cm³/mol. The van der Waals surface area contributed by atoms with Crippen molar-refractivity contribution in [2.75, 3.05) is 12.3 Å². The molecule has 0 aliphatic heterocycles. The van der Waals surface area contributed by atoms with Crippen molar-refractivity contribution in [3.63, 3.8) is 0 Å². The van der Waals surface area contributed by atoms with Crippen molar-refractivity contribution in [1.29, 1.82) is 0 Å². The molecule has 0 aliphatic carbocycles. The number of benzene rings is 1. The van der Waals surface area contributed by atoms with Crippen LogP contribution in [0.4, 0.5) is 5.69 Å².